The minimum atomic E-state index is 0.350. The van der Waals surface area contributed by atoms with Crippen LogP contribution < -0.4 is 0 Å². The summed E-state index contributed by atoms with van der Waals surface area (Å²) in [5.74, 6) is 2.19. The van der Waals surface area contributed by atoms with Crippen LogP contribution in [0.4, 0.5) is 0 Å². The summed E-state index contributed by atoms with van der Waals surface area (Å²) in [6, 6.07) is 0.858. The van der Waals surface area contributed by atoms with Crippen molar-refractivity contribution in [3.63, 3.8) is 0 Å². The Kier molecular flexibility index (Phi) is 7.24. The lowest BCUT2D eigenvalue weighted by Crippen LogP contribution is -2.64. The molecule has 0 radical (unpaired) electrons. The number of hydrogen-bond donors (Lipinski definition) is 0. The summed E-state index contributed by atoms with van der Waals surface area (Å²) >= 11 is 0. The molecule has 3 aliphatic heterocycles. The highest BCUT2D eigenvalue weighted by Gasteiger charge is 2.53. The number of carbonyl (C=O) groups is 1. The molecule has 1 aliphatic carbocycles. The third-order valence-corrected chi connectivity index (χ3v) is 7.56. The molecule has 0 aromatic rings. The Morgan fingerprint density at radius 2 is 1.56 bits per heavy atom. The Balaban J connectivity index is 0.00000102. The first-order valence-corrected chi connectivity index (χ1v) is 11.8. The molecule has 4 fully saturated rings. The van der Waals surface area contributed by atoms with Crippen molar-refractivity contribution >= 4 is 5.91 Å². The maximum absolute atomic E-state index is 11.7. The Labute approximate surface area is 167 Å². The summed E-state index contributed by atoms with van der Waals surface area (Å²) in [7, 11) is 0. The minimum absolute atomic E-state index is 0.350. The van der Waals surface area contributed by atoms with Crippen LogP contribution in [0.3, 0.4) is 0 Å². The zero-order valence-corrected chi connectivity index (χ0v) is 18.4. The Morgan fingerprint density at radius 3 is 2.11 bits per heavy atom. The van der Waals surface area contributed by atoms with Crippen molar-refractivity contribution in [2.24, 2.45) is 17.3 Å². The van der Waals surface area contributed by atoms with E-state index in [0.29, 0.717) is 17.7 Å². The Bertz CT molecular complexity index is 464. The van der Waals surface area contributed by atoms with E-state index in [4.69, 9.17) is 0 Å². The van der Waals surface area contributed by atoms with Gasteiger partial charge in [0.25, 0.3) is 0 Å². The molecule has 4 aliphatic rings. The molecule has 1 amide bonds. The monoisotopic (exact) mass is 377 g/mol. The van der Waals surface area contributed by atoms with Gasteiger partial charge in [0.05, 0.1) is 0 Å². The van der Waals surface area contributed by atoms with Crippen molar-refractivity contribution < 1.29 is 4.79 Å². The fraction of sp³-hybridized carbons (Fsp3) is 0.957. The molecule has 1 saturated carbocycles. The van der Waals surface area contributed by atoms with Crippen LogP contribution in [0, 0.1) is 17.3 Å². The molecule has 0 N–H and O–H groups in total. The number of hydrogen-bond acceptors (Lipinski definition) is 3. The summed E-state index contributed by atoms with van der Waals surface area (Å²) in [4.78, 5) is 19.3. The highest BCUT2D eigenvalue weighted by atomic mass is 16.2. The Morgan fingerprint density at radius 1 is 0.963 bits per heavy atom. The van der Waals surface area contributed by atoms with Crippen LogP contribution in [-0.4, -0.2) is 72.5 Å². The molecule has 4 nitrogen and oxygen atoms in total. The van der Waals surface area contributed by atoms with E-state index >= 15 is 0 Å². The van der Waals surface area contributed by atoms with Gasteiger partial charge in [-0.25, -0.2) is 0 Å². The second-order valence-electron chi connectivity index (χ2n) is 9.63. The molecule has 0 atom stereocenters. The van der Waals surface area contributed by atoms with Crippen LogP contribution in [-0.2, 0) is 4.79 Å². The molecule has 27 heavy (non-hydrogen) atoms. The summed E-state index contributed by atoms with van der Waals surface area (Å²) in [6.07, 6.45) is 8.97. The zero-order chi connectivity index (χ0) is 19.4. The number of nitrogens with zero attached hydrogens (tertiary/aromatic N) is 3. The van der Waals surface area contributed by atoms with Gasteiger partial charge in [-0.2, -0.15) is 0 Å². The summed E-state index contributed by atoms with van der Waals surface area (Å²) in [5, 5.41) is 0. The van der Waals surface area contributed by atoms with Crippen molar-refractivity contribution in [2.75, 3.05) is 45.8 Å². The molecule has 0 aromatic carbocycles. The van der Waals surface area contributed by atoms with E-state index in [1.807, 2.05) is 20.8 Å². The summed E-state index contributed by atoms with van der Waals surface area (Å²) < 4.78 is 0. The number of rotatable bonds is 4. The van der Waals surface area contributed by atoms with Gasteiger partial charge in [0, 0.05) is 37.5 Å². The minimum Gasteiger partial charge on any atom is -0.341 e. The van der Waals surface area contributed by atoms with E-state index in [9.17, 15) is 4.79 Å². The van der Waals surface area contributed by atoms with Gasteiger partial charge in [-0.15, -0.1) is 0 Å². The maximum Gasteiger partial charge on any atom is 0.222 e. The SMILES string of the molecule is CC.CCC(=O)N1CC2(CC(CN3CCC(N4CCC(C)CC4)CC3)C2)C1. The van der Waals surface area contributed by atoms with Crippen LogP contribution in [0.25, 0.3) is 0 Å². The molecule has 0 bridgehead atoms. The number of carbonyl (C=O) groups excluding carboxylic acids is 1. The average molecular weight is 378 g/mol. The molecule has 0 unspecified atom stereocenters. The van der Waals surface area contributed by atoms with Crippen molar-refractivity contribution in [2.45, 2.75) is 78.7 Å². The van der Waals surface area contributed by atoms with Gasteiger partial charge in [0.15, 0.2) is 0 Å². The van der Waals surface area contributed by atoms with E-state index in [0.717, 1.165) is 31.0 Å². The smallest absolute Gasteiger partial charge is 0.222 e. The third-order valence-electron chi connectivity index (χ3n) is 7.56. The molecule has 3 saturated heterocycles. The van der Waals surface area contributed by atoms with Gasteiger partial charge >= 0.3 is 0 Å². The van der Waals surface area contributed by atoms with E-state index in [1.165, 1.54) is 71.2 Å². The van der Waals surface area contributed by atoms with Gasteiger partial charge in [-0.1, -0.05) is 27.7 Å². The van der Waals surface area contributed by atoms with Crippen molar-refractivity contribution in [3.8, 4) is 0 Å². The molecular weight excluding hydrogens is 334 g/mol. The highest BCUT2D eigenvalue weighted by Crippen LogP contribution is 2.52. The lowest BCUT2D eigenvalue weighted by Gasteiger charge is -2.60. The second-order valence-corrected chi connectivity index (χ2v) is 9.63. The first kappa shape index (κ1) is 21.1. The van der Waals surface area contributed by atoms with Crippen molar-refractivity contribution in [1.82, 2.24) is 14.7 Å². The van der Waals surface area contributed by atoms with Crippen LogP contribution >= 0.6 is 0 Å². The highest BCUT2D eigenvalue weighted by molar-refractivity contribution is 5.77. The molecule has 3 heterocycles. The number of piperidine rings is 2. The molecule has 0 aromatic heterocycles. The summed E-state index contributed by atoms with van der Waals surface area (Å²) in [5.41, 5.74) is 0.526. The molecule has 156 valence electrons. The summed E-state index contributed by atoms with van der Waals surface area (Å²) in [6.45, 7) is 17.1. The van der Waals surface area contributed by atoms with E-state index < -0.39 is 0 Å². The number of likely N-dealkylation sites (tertiary alicyclic amines) is 3. The van der Waals surface area contributed by atoms with Gasteiger partial charge < -0.3 is 14.7 Å². The zero-order valence-electron chi connectivity index (χ0n) is 18.4. The number of amides is 1. The molecule has 1 spiro atoms. The largest absolute Gasteiger partial charge is 0.341 e. The van der Waals surface area contributed by atoms with Crippen molar-refractivity contribution in [3.05, 3.63) is 0 Å². The average Bonchev–Trinajstić information content (AvgIpc) is 2.65. The van der Waals surface area contributed by atoms with Gasteiger partial charge in [-0.05, 0) is 76.5 Å². The van der Waals surface area contributed by atoms with Crippen LogP contribution in [0.2, 0.25) is 0 Å². The second kappa shape index (κ2) is 9.26. The van der Waals surface area contributed by atoms with E-state index in [1.54, 1.807) is 0 Å². The van der Waals surface area contributed by atoms with Gasteiger partial charge in [0.2, 0.25) is 5.91 Å². The molecule has 4 rings (SSSR count). The third kappa shape index (κ3) is 4.87. The van der Waals surface area contributed by atoms with Crippen LogP contribution in [0.15, 0.2) is 0 Å². The van der Waals surface area contributed by atoms with Crippen LogP contribution in [0.5, 0.6) is 0 Å². The first-order chi connectivity index (χ1) is 13.1. The topological polar surface area (TPSA) is 26.8 Å². The van der Waals surface area contributed by atoms with Gasteiger partial charge in [0.1, 0.15) is 0 Å². The fourth-order valence-corrected chi connectivity index (χ4v) is 5.94. The fourth-order valence-electron chi connectivity index (χ4n) is 5.94. The Hall–Kier alpha value is -0.610. The predicted octanol–water partition coefficient (Wildman–Crippen LogP) is 3.86. The van der Waals surface area contributed by atoms with E-state index in [2.05, 4.69) is 21.6 Å². The van der Waals surface area contributed by atoms with Crippen LogP contribution in [0.1, 0.15) is 72.6 Å². The maximum atomic E-state index is 11.7. The first-order valence-electron chi connectivity index (χ1n) is 11.8. The molecular formula is C23H43N3O. The lowest BCUT2D eigenvalue weighted by molar-refractivity contribution is -0.155. The van der Waals surface area contributed by atoms with E-state index in [-0.39, 0.29) is 0 Å². The quantitative estimate of drug-likeness (QED) is 0.744. The van der Waals surface area contributed by atoms with Crippen molar-refractivity contribution in [1.29, 1.82) is 0 Å². The normalized spacial score (nSPS) is 27.6. The lowest BCUT2D eigenvalue weighted by atomic mass is 9.57. The molecule has 4 heteroatoms. The van der Waals surface area contributed by atoms with Gasteiger partial charge in [-0.3, -0.25) is 4.79 Å². The predicted molar refractivity (Wildman–Crippen MR) is 113 cm³/mol. The standard InChI is InChI=1S/C21H37N3O.C2H6/c1-3-20(25)24-15-21(16-24)12-18(13-21)14-22-8-6-19(7-9-22)23-10-4-17(2)5-11-23;1-2/h17-19H,3-16H2,1-2H3;1-2H3.